The first kappa shape index (κ1) is 6.04. The maximum absolute atomic E-state index is 11.1. The van der Waals surface area contributed by atoms with Crippen molar-refractivity contribution in [3.8, 4) is 0 Å². The van der Waals surface area contributed by atoms with E-state index < -0.39 is 0 Å². The van der Waals surface area contributed by atoms with E-state index in [1.165, 1.54) is 0 Å². The molecule has 0 spiro atoms. The first-order chi connectivity index (χ1) is 4.79. The zero-order valence-electron chi connectivity index (χ0n) is 5.91. The largest absolute Gasteiger partial charge is 0.860 e. The molecule has 2 rings (SSSR count). The summed E-state index contributed by atoms with van der Waals surface area (Å²) in [5.41, 5.74) is 0. The summed E-state index contributed by atoms with van der Waals surface area (Å²) in [5, 5.41) is 11.1. The molecule has 3 nitrogen and oxygen atoms in total. The van der Waals surface area contributed by atoms with Gasteiger partial charge in [0, 0.05) is 0 Å². The molecule has 0 unspecified atom stereocenters. The second-order valence-corrected chi connectivity index (χ2v) is 2.77. The number of fused-ring (bicyclic) bond motifs is 1. The number of ether oxygens (including phenoxy) is 1. The van der Waals surface area contributed by atoms with Gasteiger partial charge in [-0.25, -0.2) is 0 Å². The van der Waals surface area contributed by atoms with Crippen molar-refractivity contribution < 1.29 is 9.84 Å². The van der Waals surface area contributed by atoms with Crippen LogP contribution in [0.25, 0.3) is 0 Å². The zero-order valence-corrected chi connectivity index (χ0v) is 5.91. The molecule has 2 heterocycles. The standard InChI is InChI=1S/C7H11NO2/c1-5-8-6(4-10-5)2-3-7(8)9/h3,5-6,9H,2,4H2,1H3/p-1/t5-,6+/m1/s1. The number of nitrogens with zero attached hydrogens (tertiary/aromatic N) is 1. The zero-order chi connectivity index (χ0) is 7.14. The van der Waals surface area contributed by atoms with Gasteiger partial charge < -0.3 is 14.7 Å². The molecular formula is C7H10NO2-. The van der Waals surface area contributed by atoms with E-state index in [9.17, 15) is 5.11 Å². The summed E-state index contributed by atoms with van der Waals surface area (Å²) in [6.45, 7) is 2.63. The molecule has 0 aromatic carbocycles. The molecule has 0 aromatic rings. The maximum Gasteiger partial charge on any atom is 0.126 e. The molecule has 1 fully saturated rings. The van der Waals surface area contributed by atoms with Crippen LogP contribution in [0.2, 0.25) is 0 Å². The van der Waals surface area contributed by atoms with Gasteiger partial charge >= 0.3 is 0 Å². The average Bonchev–Trinajstić information content (AvgIpc) is 2.40. The third-order valence-electron chi connectivity index (χ3n) is 2.13. The van der Waals surface area contributed by atoms with Gasteiger partial charge in [-0.2, -0.15) is 0 Å². The van der Waals surface area contributed by atoms with Crippen LogP contribution in [0, 0.1) is 0 Å². The predicted octanol–water partition coefficient (Wildman–Crippen LogP) is -0.361. The molecule has 3 heteroatoms. The van der Waals surface area contributed by atoms with E-state index in [1.54, 1.807) is 11.0 Å². The summed E-state index contributed by atoms with van der Waals surface area (Å²) in [6, 6.07) is 0.336. The van der Waals surface area contributed by atoms with Crippen LogP contribution in [-0.2, 0) is 4.74 Å². The topological polar surface area (TPSA) is 35.5 Å². The third-order valence-corrected chi connectivity index (χ3v) is 2.13. The van der Waals surface area contributed by atoms with Crippen molar-refractivity contribution in [3.63, 3.8) is 0 Å². The maximum atomic E-state index is 11.1. The van der Waals surface area contributed by atoms with Crippen molar-refractivity contribution in [2.24, 2.45) is 0 Å². The van der Waals surface area contributed by atoms with Gasteiger partial charge in [0.1, 0.15) is 6.23 Å². The fourth-order valence-corrected chi connectivity index (χ4v) is 1.59. The van der Waals surface area contributed by atoms with Gasteiger partial charge in [0.2, 0.25) is 0 Å². The van der Waals surface area contributed by atoms with Crippen LogP contribution in [0.5, 0.6) is 0 Å². The minimum atomic E-state index is -0.00347. The lowest BCUT2D eigenvalue weighted by Crippen LogP contribution is -2.34. The molecular weight excluding hydrogens is 130 g/mol. The van der Waals surface area contributed by atoms with Crippen molar-refractivity contribution >= 4 is 0 Å². The van der Waals surface area contributed by atoms with Gasteiger partial charge in [-0.3, -0.25) is 0 Å². The Balaban J connectivity index is 2.20. The van der Waals surface area contributed by atoms with E-state index >= 15 is 0 Å². The fourth-order valence-electron chi connectivity index (χ4n) is 1.59. The Labute approximate surface area is 59.9 Å². The first-order valence-electron chi connectivity index (χ1n) is 3.56. The Hall–Kier alpha value is -0.700. The number of hydrogen-bond donors (Lipinski definition) is 0. The van der Waals surface area contributed by atoms with E-state index in [0.29, 0.717) is 12.6 Å². The minimum Gasteiger partial charge on any atom is -0.860 e. The molecule has 2 aliphatic heterocycles. The third kappa shape index (κ3) is 0.639. The predicted molar refractivity (Wildman–Crippen MR) is 33.7 cm³/mol. The highest BCUT2D eigenvalue weighted by Gasteiger charge is 2.32. The van der Waals surface area contributed by atoms with Crippen LogP contribution in [0.3, 0.4) is 0 Å². The summed E-state index contributed by atoms with van der Waals surface area (Å²) in [7, 11) is 0. The van der Waals surface area contributed by atoms with Gasteiger partial charge in [-0.15, -0.1) is 0 Å². The lowest BCUT2D eigenvalue weighted by atomic mass is 10.2. The highest BCUT2D eigenvalue weighted by Crippen LogP contribution is 2.27. The fraction of sp³-hybridized carbons (Fsp3) is 0.714. The quantitative estimate of drug-likeness (QED) is 0.461. The van der Waals surface area contributed by atoms with E-state index in [1.807, 2.05) is 6.92 Å². The summed E-state index contributed by atoms with van der Waals surface area (Å²) in [4.78, 5) is 1.81. The molecule has 2 aliphatic rings. The normalized spacial score (nSPS) is 38.1. The van der Waals surface area contributed by atoms with Gasteiger partial charge in [0.25, 0.3) is 0 Å². The molecule has 1 saturated heterocycles. The molecule has 2 atom stereocenters. The van der Waals surface area contributed by atoms with Gasteiger partial charge in [0.15, 0.2) is 0 Å². The molecule has 0 aliphatic carbocycles. The molecule has 0 amide bonds. The molecule has 0 radical (unpaired) electrons. The molecule has 10 heavy (non-hydrogen) atoms. The van der Waals surface area contributed by atoms with Crippen LogP contribution >= 0.6 is 0 Å². The highest BCUT2D eigenvalue weighted by atomic mass is 16.5. The van der Waals surface area contributed by atoms with Gasteiger partial charge in [-0.1, -0.05) is 6.08 Å². The number of hydrogen-bond acceptors (Lipinski definition) is 3. The second-order valence-electron chi connectivity index (χ2n) is 2.77. The lowest BCUT2D eigenvalue weighted by molar-refractivity contribution is -0.335. The van der Waals surface area contributed by atoms with Crippen LogP contribution in [-0.4, -0.2) is 23.8 Å². The van der Waals surface area contributed by atoms with Crippen molar-refractivity contribution in [1.82, 2.24) is 4.90 Å². The van der Waals surface area contributed by atoms with Crippen molar-refractivity contribution in [1.29, 1.82) is 0 Å². The minimum absolute atomic E-state index is 0.00347. The van der Waals surface area contributed by atoms with Crippen molar-refractivity contribution in [2.45, 2.75) is 25.6 Å². The van der Waals surface area contributed by atoms with Crippen LogP contribution < -0.4 is 5.11 Å². The van der Waals surface area contributed by atoms with Crippen LogP contribution in [0.1, 0.15) is 13.3 Å². The van der Waals surface area contributed by atoms with E-state index in [2.05, 4.69) is 0 Å². The summed E-state index contributed by atoms with van der Waals surface area (Å²) in [5.74, 6) is 0.134. The van der Waals surface area contributed by atoms with E-state index in [-0.39, 0.29) is 12.1 Å². The Morgan fingerprint density at radius 3 is 3.30 bits per heavy atom. The molecule has 0 bridgehead atoms. The molecule has 0 saturated carbocycles. The van der Waals surface area contributed by atoms with Crippen molar-refractivity contribution in [2.75, 3.05) is 6.61 Å². The Bertz CT molecular complexity index is 178. The number of rotatable bonds is 0. The van der Waals surface area contributed by atoms with Gasteiger partial charge in [0.05, 0.1) is 12.6 Å². The summed E-state index contributed by atoms with van der Waals surface area (Å²) >= 11 is 0. The Morgan fingerprint density at radius 1 is 1.80 bits per heavy atom. The summed E-state index contributed by atoms with van der Waals surface area (Å²) < 4.78 is 5.28. The smallest absolute Gasteiger partial charge is 0.126 e. The van der Waals surface area contributed by atoms with Crippen molar-refractivity contribution in [3.05, 3.63) is 12.0 Å². The second kappa shape index (κ2) is 1.89. The molecule has 0 aromatic heterocycles. The monoisotopic (exact) mass is 140 g/mol. The average molecular weight is 140 g/mol. The SMILES string of the molecule is C[C@H]1OC[C@@H]2CC=C([O-])N21. The van der Waals surface area contributed by atoms with Crippen LogP contribution in [0.4, 0.5) is 0 Å². The van der Waals surface area contributed by atoms with E-state index in [0.717, 1.165) is 6.42 Å². The Kier molecular flexibility index (Phi) is 1.14. The van der Waals surface area contributed by atoms with E-state index in [4.69, 9.17) is 4.74 Å². The lowest BCUT2D eigenvalue weighted by Gasteiger charge is -2.28. The van der Waals surface area contributed by atoms with Crippen LogP contribution in [0.15, 0.2) is 12.0 Å². The molecule has 0 N–H and O–H groups in total. The van der Waals surface area contributed by atoms with Gasteiger partial charge in [-0.05, 0) is 19.2 Å². The first-order valence-corrected chi connectivity index (χ1v) is 3.56. The Morgan fingerprint density at radius 2 is 2.60 bits per heavy atom. The highest BCUT2D eigenvalue weighted by molar-refractivity contribution is 5.05. The molecule has 56 valence electrons. The summed E-state index contributed by atoms with van der Waals surface area (Å²) in [6.07, 6.45) is 2.60.